The van der Waals surface area contributed by atoms with Gasteiger partial charge >= 0.3 is 19.8 Å². The Hall–Kier alpha value is -0.990. The van der Waals surface area contributed by atoms with Crippen LogP contribution in [0.1, 0.15) is 271 Å². The maximum Gasteiger partial charge on any atom is 0.472 e. The molecule has 0 aliphatic rings. The molecule has 0 radical (unpaired) electrons. The second kappa shape index (κ2) is 45.2. The van der Waals surface area contributed by atoms with E-state index in [2.05, 4.69) is 13.8 Å². The van der Waals surface area contributed by atoms with Crippen LogP contribution in [0.2, 0.25) is 0 Å². The monoisotopic (exact) mass is 903 g/mol. The van der Waals surface area contributed by atoms with Crippen LogP contribution in [0.4, 0.5) is 0 Å². The van der Waals surface area contributed by atoms with Gasteiger partial charge in [0.1, 0.15) is 19.8 Å². The highest BCUT2D eigenvalue weighted by molar-refractivity contribution is 7.47. The molecule has 10 heteroatoms. The predicted octanol–water partition coefficient (Wildman–Crippen LogP) is 15.9. The van der Waals surface area contributed by atoms with Gasteiger partial charge in [0.2, 0.25) is 0 Å². The van der Waals surface area contributed by atoms with Gasteiger partial charge in [-0.1, -0.05) is 245 Å². The third kappa shape index (κ3) is 48.5. The number of ether oxygens (including phenoxy) is 2. The second-order valence-corrected chi connectivity index (χ2v) is 21.1. The SMILES string of the molecule is CCCCCCCCCCCCCCCCCCCCCCCC(=O)OC(COC(=O)CCCCCCCCCCCCCCCCCCC)COP(=O)(O)OCC[N+](C)(C)C. The van der Waals surface area contributed by atoms with Gasteiger partial charge in [-0.3, -0.25) is 18.6 Å². The summed E-state index contributed by atoms with van der Waals surface area (Å²) in [6.45, 7) is 4.50. The summed E-state index contributed by atoms with van der Waals surface area (Å²) in [7, 11) is 1.50. The number of hydrogen-bond acceptors (Lipinski definition) is 7. The van der Waals surface area contributed by atoms with Crippen LogP contribution in [-0.2, 0) is 32.7 Å². The van der Waals surface area contributed by atoms with Crippen LogP contribution in [0.15, 0.2) is 0 Å². The maximum absolute atomic E-state index is 12.8. The van der Waals surface area contributed by atoms with E-state index in [1.54, 1.807) is 0 Å². The van der Waals surface area contributed by atoms with Gasteiger partial charge in [0.25, 0.3) is 0 Å². The predicted molar refractivity (Wildman–Crippen MR) is 261 cm³/mol. The van der Waals surface area contributed by atoms with E-state index in [0.29, 0.717) is 17.4 Å². The average Bonchev–Trinajstić information content (AvgIpc) is 3.23. The largest absolute Gasteiger partial charge is 0.472 e. The van der Waals surface area contributed by atoms with Gasteiger partial charge < -0.3 is 18.9 Å². The molecule has 9 nitrogen and oxygen atoms in total. The molecular formula is C52H105NO8P+. The Labute approximate surface area is 384 Å². The van der Waals surface area contributed by atoms with E-state index in [1.807, 2.05) is 21.1 Å². The summed E-state index contributed by atoms with van der Waals surface area (Å²) in [6, 6.07) is 0. The van der Waals surface area contributed by atoms with Crippen LogP contribution in [0.3, 0.4) is 0 Å². The smallest absolute Gasteiger partial charge is 0.462 e. The molecule has 370 valence electrons. The second-order valence-electron chi connectivity index (χ2n) is 19.6. The minimum atomic E-state index is -4.37. The number of phosphoric ester groups is 1. The van der Waals surface area contributed by atoms with E-state index < -0.39 is 26.5 Å². The van der Waals surface area contributed by atoms with Crippen LogP contribution in [-0.4, -0.2) is 74.9 Å². The third-order valence-corrected chi connectivity index (χ3v) is 13.1. The third-order valence-electron chi connectivity index (χ3n) is 12.1. The molecule has 0 bridgehead atoms. The molecule has 0 heterocycles. The fourth-order valence-corrected chi connectivity index (χ4v) is 8.70. The lowest BCUT2D eigenvalue weighted by atomic mass is 10.0. The molecule has 0 amide bonds. The van der Waals surface area contributed by atoms with E-state index in [-0.39, 0.29) is 25.6 Å². The van der Waals surface area contributed by atoms with Gasteiger partial charge in [-0.2, -0.15) is 0 Å². The number of nitrogens with zero attached hydrogens (tertiary/aromatic N) is 1. The Morgan fingerprint density at radius 3 is 1.03 bits per heavy atom. The summed E-state index contributed by atoms with van der Waals surface area (Å²) < 4.78 is 34.5. The number of carbonyl (C=O) groups excluding carboxylic acids is 2. The highest BCUT2D eigenvalue weighted by atomic mass is 31.2. The molecule has 1 N–H and O–H groups in total. The van der Waals surface area contributed by atoms with Crippen molar-refractivity contribution in [2.24, 2.45) is 0 Å². The van der Waals surface area contributed by atoms with Gasteiger partial charge in [0, 0.05) is 12.8 Å². The van der Waals surface area contributed by atoms with Gasteiger partial charge in [-0.25, -0.2) is 4.57 Å². The first-order chi connectivity index (χ1) is 30.0. The topological polar surface area (TPSA) is 108 Å². The summed E-state index contributed by atoms with van der Waals surface area (Å²) in [5.41, 5.74) is 0. The van der Waals surface area contributed by atoms with Crippen molar-refractivity contribution in [2.45, 2.75) is 277 Å². The Bertz CT molecular complexity index is 1020. The quantitative estimate of drug-likeness (QED) is 0.0278. The Morgan fingerprint density at radius 1 is 0.435 bits per heavy atom. The van der Waals surface area contributed by atoms with Crippen LogP contribution in [0, 0.1) is 0 Å². The minimum absolute atomic E-state index is 0.0373. The maximum atomic E-state index is 12.8. The lowest BCUT2D eigenvalue weighted by Gasteiger charge is -2.24. The van der Waals surface area contributed by atoms with Crippen molar-refractivity contribution < 1.29 is 42.1 Å². The highest BCUT2D eigenvalue weighted by Crippen LogP contribution is 2.43. The molecule has 0 saturated carbocycles. The molecule has 0 aromatic heterocycles. The number of rotatable bonds is 50. The van der Waals surface area contributed by atoms with Crippen molar-refractivity contribution in [2.75, 3.05) is 47.5 Å². The molecule has 62 heavy (non-hydrogen) atoms. The molecule has 0 aliphatic heterocycles. The number of hydrogen-bond donors (Lipinski definition) is 1. The molecular weight excluding hydrogens is 798 g/mol. The molecule has 2 unspecified atom stereocenters. The first-order valence-electron chi connectivity index (χ1n) is 26.8. The number of quaternary nitrogens is 1. The number of esters is 2. The van der Waals surface area contributed by atoms with E-state index in [1.165, 1.54) is 205 Å². The zero-order valence-corrected chi connectivity index (χ0v) is 42.8. The summed E-state index contributed by atoms with van der Waals surface area (Å²) in [5, 5.41) is 0. The minimum Gasteiger partial charge on any atom is -0.462 e. The Balaban J connectivity index is 4.17. The zero-order chi connectivity index (χ0) is 45.7. The molecule has 0 aromatic carbocycles. The van der Waals surface area contributed by atoms with Crippen LogP contribution >= 0.6 is 7.82 Å². The van der Waals surface area contributed by atoms with E-state index in [9.17, 15) is 19.0 Å². The summed E-state index contributed by atoms with van der Waals surface area (Å²) >= 11 is 0. The van der Waals surface area contributed by atoms with Crippen LogP contribution in [0.25, 0.3) is 0 Å². The first kappa shape index (κ1) is 61.0. The number of unbranched alkanes of at least 4 members (excludes halogenated alkanes) is 36. The molecule has 0 saturated heterocycles. The van der Waals surface area contributed by atoms with E-state index in [0.717, 1.165) is 38.5 Å². The van der Waals surface area contributed by atoms with E-state index in [4.69, 9.17) is 18.5 Å². The average molecular weight is 903 g/mol. The Morgan fingerprint density at radius 2 is 0.726 bits per heavy atom. The fraction of sp³-hybridized carbons (Fsp3) is 0.962. The van der Waals surface area contributed by atoms with Crippen LogP contribution < -0.4 is 0 Å². The summed E-state index contributed by atoms with van der Waals surface area (Å²) in [6.07, 6.45) is 48.7. The number of carbonyl (C=O) groups is 2. The lowest BCUT2D eigenvalue weighted by molar-refractivity contribution is -0.870. The van der Waals surface area contributed by atoms with Crippen molar-refractivity contribution in [3.05, 3.63) is 0 Å². The molecule has 0 fully saturated rings. The molecule has 0 aliphatic carbocycles. The normalized spacial score (nSPS) is 13.3. The van der Waals surface area contributed by atoms with Crippen molar-refractivity contribution in [3.8, 4) is 0 Å². The van der Waals surface area contributed by atoms with Crippen molar-refractivity contribution in [1.29, 1.82) is 0 Å². The van der Waals surface area contributed by atoms with Gasteiger partial charge in [-0.05, 0) is 12.8 Å². The Kier molecular flexibility index (Phi) is 44.5. The molecule has 0 rings (SSSR count). The van der Waals surface area contributed by atoms with Crippen LogP contribution in [0.5, 0.6) is 0 Å². The fourth-order valence-electron chi connectivity index (χ4n) is 7.96. The lowest BCUT2D eigenvalue weighted by Crippen LogP contribution is -2.37. The van der Waals surface area contributed by atoms with Crippen molar-refractivity contribution >= 4 is 19.8 Å². The standard InChI is InChI=1S/C52H104NO8P/c1-6-8-10-12-14-16-18-20-22-24-25-26-27-29-31-33-35-37-39-41-43-45-52(55)61-50(49-60-62(56,57)59-47-46-53(3,4)5)48-58-51(54)44-42-40-38-36-34-32-30-28-23-21-19-17-15-13-11-9-7-2/h50H,6-49H2,1-5H3/p+1. The summed E-state index contributed by atoms with van der Waals surface area (Å²) in [4.78, 5) is 35.6. The number of phosphoric acid groups is 1. The molecule has 0 aromatic rings. The van der Waals surface area contributed by atoms with Gasteiger partial charge in [0.15, 0.2) is 6.10 Å². The van der Waals surface area contributed by atoms with Crippen molar-refractivity contribution in [3.63, 3.8) is 0 Å². The molecule has 2 atom stereocenters. The first-order valence-corrected chi connectivity index (χ1v) is 28.3. The molecule has 0 spiro atoms. The van der Waals surface area contributed by atoms with Crippen molar-refractivity contribution in [1.82, 2.24) is 0 Å². The number of likely N-dealkylation sites (N-methyl/N-ethyl adjacent to an activating group) is 1. The van der Waals surface area contributed by atoms with E-state index >= 15 is 0 Å². The zero-order valence-electron chi connectivity index (χ0n) is 41.9. The van der Waals surface area contributed by atoms with Gasteiger partial charge in [0.05, 0.1) is 27.7 Å². The highest BCUT2D eigenvalue weighted by Gasteiger charge is 2.27. The van der Waals surface area contributed by atoms with Gasteiger partial charge in [-0.15, -0.1) is 0 Å². The summed E-state index contributed by atoms with van der Waals surface area (Å²) in [5.74, 6) is -0.776.